The van der Waals surface area contributed by atoms with Crippen molar-refractivity contribution in [2.24, 2.45) is 0 Å². The van der Waals surface area contributed by atoms with Gasteiger partial charge in [-0.1, -0.05) is 12.2 Å². The number of hydrogen-bond acceptors (Lipinski definition) is 4. The molecule has 0 atom stereocenters. The van der Waals surface area contributed by atoms with Gasteiger partial charge in [-0.05, 0) is 39.3 Å². The van der Waals surface area contributed by atoms with Crippen molar-refractivity contribution >= 4 is 11.6 Å². The highest BCUT2D eigenvalue weighted by atomic mass is 16.6. The molecule has 0 unspecified atom stereocenters. The maximum Gasteiger partial charge on any atom is 0.278 e. The Kier molecular flexibility index (Phi) is 4.21. The molecule has 22 heavy (non-hydrogen) atoms. The van der Waals surface area contributed by atoms with Gasteiger partial charge < -0.3 is 0 Å². The molecule has 0 amide bonds. The van der Waals surface area contributed by atoms with Gasteiger partial charge in [-0.3, -0.25) is 14.9 Å². The number of nitro benzene ring substituents is 1. The van der Waals surface area contributed by atoms with Crippen LogP contribution in [0.4, 0.5) is 5.69 Å². The molecule has 0 saturated carbocycles. The van der Waals surface area contributed by atoms with Crippen LogP contribution in [-0.2, 0) is 6.42 Å². The zero-order valence-electron chi connectivity index (χ0n) is 12.8. The third kappa shape index (κ3) is 2.95. The molecule has 0 radical (unpaired) electrons. The van der Waals surface area contributed by atoms with E-state index in [1.807, 2.05) is 20.8 Å². The lowest BCUT2D eigenvalue weighted by Gasteiger charge is -2.04. The van der Waals surface area contributed by atoms with E-state index in [-0.39, 0.29) is 11.6 Å². The molecule has 0 saturated heterocycles. The fourth-order valence-electron chi connectivity index (χ4n) is 2.28. The molecule has 1 aromatic heterocycles. The molecule has 1 aromatic carbocycles. The van der Waals surface area contributed by atoms with Crippen LogP contribution >= 0.6 is 0 Å². The maximum atomic E-state index is 12.5. The number of non-ortho nitro benzene ring substituents is 1. The standard InChI is InChI=1S/C16H17N3O3/c1-10(2)9-15-11(3)17-18(12(15)4)16(20)13-5-7-14(8-6-13)19(21)22/h5-8H,1,9H2,2-4H3. The third-order valence-electron chi connectivity index (χ3n) is 3.44. The Morgan fingerprint density at radius 3 is 2.41 bits per heavy atom. The van der Waals surface area contributed by atoms with E-state index < -0.39 is 4.92 Å². The van der Waals surface area contributed by atoms with Gasteiger partial charge >= 0.3 is 0 Å². The van der Waals surface area contributed by atoms with Crippen molar-refractivity contribution in [1.82, 2.24) is 9.78 Å². The number of rotatable bonds is 4. The first-order valence-corrected chi connectivity index (χ1v) is 6.80. The van der Waals surface area contributed by atoms with Gasteiger partial charge in [0.1, 0.15) is 0 Å². The fourth-order valence-corrected chi connectivity index (χ4v) is 2.28. The Balaban J connectivity index is 2.37. The van der Waals surface area contributed by atoms with Crippen LogP contribution in [0.2, 0.25) is 0 Å². The van der Waals surface area contributed by atoms with Crippen molar-refractivity contribution in [2.45, 2.75) is 27.2 Å². The van der Waals surface area contributed by atoms with E-state index in [9.17, 15) is 14.9 Å². The van der Waals surface area contributed by atoms with Crippen LogP contribution in [0.15, 0.2) is 36.4 Å². The predicted molar refractivity (Wildman–Crippen MR) is 83.0 cm³/mol. The molecule has 1 heterocycles. The number of aryl methyl sites for hydroxylation is 1. The molecule has 2 rings (SSSR count). The summed E-state index contributed by atoms with van der Waals surface area (Å²) >= 11 is 0. The van der Waals surface area contributed by atoms with Crippen molar-refractivity contribution in [3.63, 3.8) is 0 Å². The second-order valence-electron chi connectivity index (χ2n) is 5.30. The van der Waals surface area contributed by atoms with Crippen LogP contribution in [-0.4, -0.2) is 20.6 Å². The summed E-state index contributed by atoms with van der Waals surface area (Å²) in [6, 6.07) is 5.51. The Hall–Kier alpha value is -2.76. The smallest absolute Gasteiger partial charge is 0.267 e. The number of carbonyl (C=O) groups is 1. The van der Waals surface area contributed by atoms with Gasteiger partial charge in [-0.15, -0.1) is 0 Å². The highest BCUT2D eigenvalue weighted by Crippen LogP contribution is 2.19. The van der Waals surface area contributed by atoms with Crippen LogP contribution in [0.1, 0.15) is 34.2 Å². The summed E-state index contributed by atoms with van der Waals surface area (Å²) in [5.41, 5.74) is 3.85. The summed E-state index contributed by atoms with van der Waals surface area (Å²) in [4.78, 5) is 22.7. The van der Waals surface area contributed by atoms with Gasteiger partial charge in [0.15, 0.2) is 0 Å². The molecule has 0 aliphatic heterocycles. The largest absolute Gasteiger partial charge is 0.278 e. The number of allylic oxidation sites excluding steroid dienone is 1. The second-order valence-corrected chi connectivity index (χ2v) is 5.30. The van der Waals surface area contributed by atoms with Gasteiger partial charge in [-0.2, -0.15) is 5.10 Å². The SMILES string of the molecule is C=C(C)Cc1c(C)nn(C(=O)c2ccc([N+](=O)[O-])cc2)c1C. The van der Waals surface area contributed by atoms with E-state index in [2.05, 4.69) is 11.7 Å². The summed E-state index contributed by atoms with van der Waals surface area (Å²) in [6.07, 6.45) is 0.672. The molecule has 114 valence electrons. The summed E-state index contributed by atoms with van der Waals surface area (Å²) in [6.45, 7) is 9.50. The van der Waals surface area contributed by atoms with Crippen molar-refractivity contribution in [3.05, 3.63) is 69.0 Å². The van der Waals surface area contributed by atoms with Crippen molar-refractivity contribution < 1.29 is 9.72 Å². The van der Waals surface area contributed by atoms with Gasteiger partial charge in [-0.25, -0.2) is 4.68 Å². The van der Waals surface area contributed by atoms with E-state index in [0.717, 1.165) is 22.5 Å². The summed E-state index contributed by atoms with van der Waals surface area (Å²) in [5, 5.41) is 14.9. The van der Waals surface area contributed by atoms with E-state index in [1.165, 1.54) is 28.9 Å². The van der Waals surface area contributed by atoms with Crippen LogP contribution in [0.5, 0.6) is 0 Å². The maximum absolute atomic E-state index is 12.5. The number of aromatic nitrogens is 2. The summed E-state index contributed by atoms with van der Waals surface area (Å²) in [5.74, 6) is -0.302. The molecule has 6 nitrogen and oxygen atoms in total. The Labute approximate surface area is 128 Å². The average Bonchev–Trinajstić information content (AvgIpc) is 2.74. The normalized spacial score (nSPS) is 10.5. The highest BCUT2D eigenvalue weighted by molar-refractivity contribution is 5.96. The lowest BCUT2D eigenvalue weighted by molar-refractivity contribution is -0.384. The first-order chi connectivity index (χ1) is 10.3. The lowest BCUT2D eigenvalue weighted by atomic mass is 10.1. The van der Waals surface area contributed by atoms with Gasteiger partial charge in [0.25, 0.3) is 11.6 Å². The molecule has 0 fully saturated rings. The minimum Gasteiger partial charge on any atom is -0.267 e. The molecule has 0 spiro atoms. The molecule has 2 aromatic rings. The average molecular weight is 299 g/mol. The highest BCUT2D eigenvalue weighted by Gasteiger charge is 2.18. The fraction of sp³-hybridized carbons (Fsp3) is 0.250. The Bertz CT molecular complexity index is 758. The second kappa shape index (κ2) is 5.93. The molecule has 0 aliphatic rings. The quantitative estimate of drug-likeness (QED) is 0.493. The van der Waals surface area contributed by atoms with Crippen molar-refractivity contribution in [3.8, 4) is 0 Å². The Morgan fingerprint density at radius 2 is 1.91 bits per heavy atom. The number of nitro groups is 1. The van der Waals surface area contributed by atoms with Crippen molar-refractivity contribution in [2.75, 3.05) is 0 Å². The molecular weight excluding hydrogens is 282 g/mol. The monoisotopic (exact) mass is 299 g/mol. The van der Waals surface area contributed by atoms with E-state index >= 15 is 0 Å². The van der Waals surface area contributed by atoms with Gasteiger partial charge in [0, 0.05) is 29.0 Å². The number of nitrogens with zero attached hydrogens (tertiary/aromatic N) is 3. The summed E-state index contributed by atoms with van der Waals surface area (Å²) in [7, 11) is 0. The van der Waals surface area contributed by atoms with E-state index in [4.69, 9.17) is 0 Å². The minimum absolute atomic E-state index is 0.0483. The molecule has 0 aliphatic carbocycles. The van der Waals surface area contributed by atoms with Crippen LogP contribution in [0.3, 0.4) is 0 Å². The van der Waals surface area contributed by atoms with Crippen molar-refractivity contribution in [1.29, 1.82) is 0 Å². The zero-order chi connectivity index (χ0) is 16.4. The Morgan fingerprint density at radius 1 is 1.32 bits per heavy atom. The first-order valence-electron chi connectivity index (χ1n) is 6.80. The summed E-state index contributed by atoms with van der Waals surface area (Å²) < 4.78 is 1.34. The van der Waals surface area contributed by atoms with E-state index in [1.54, 1.807) is 0 Å². The molecular formula is C16H17N3O3. The minimum atomic E-state index is -0.497. The third-order valence-corrected chi connectivity index (χ3v) is 3.44. The lowest BCUT2D eigenvalue weighted by Crippen LogP contribution is -2.15. The number of benzene rings is 1. The molecule has 0 bridgehead atoms. The van der Waals surface area contributed by atoms with Gasteiger partial charge in [0.05, 0.1) is 10.6 Å². The molecule has 0 N–H and O–H groups in total. The van der Waals surface area contributed by atoms with E-state index in [0.29, 0.717) is 12.0 Å². The van der Waals surface area contributed by atoms with Gasteiger partial charge in [0.2, 0.25) is 0 Å². The van der Waals surface area contributed by atoms with Crippen LogP contribution < -0.4 is 0 Å². The first kappa shape index (κ1) is 15.6. The number of hydrogen-bond donors (Lipinski definition) is 0. The van der Waals surface area contributed by atoms with Crippen LogP contribution in [0.25, 0.3) is 0 Å². The predicted octanol–water partition coefficient (Wildman–Crippen LogP) is 3.22. The van der Waals surface area contributed by atoms with Crippen LogP contribution in [0, 0.1) is 24.0 Å². The zero-order valence-corrected chi connectivity index (χ0v) is 12.8. The molecule has 6 heteroatoms. The topological polar surface area (TPSA) is 78.0 Å². The number of carbonyl (C=O) groups excluding carboxylic acids is 1.